The molecule has 10 heteroatoms. The Kier molecular flexibility index (Phi) is 3.64. The average molecular weight is 374 g/mol. The molecule has 0 aliphatic carbocycles. The molecule has 1 aromatic carbocycles. The Morgan fingerprint density at radius 3 is 2.54 bits per heavy atom. The second-order valence-electron chi connectivity index (χ2n) is 5.43. The molecule has 0 atom stereocenters. The Balaban J connectivity index is 2.33. The first kappa shape index (κ1) is 16.8. The standard InChI is InChI=1S/C14H12F2N2O4S2/c1-8-6-11-14(18(23(2,19)20)7-24(11,21)22)17-13(8)9-4-3-5-10(15)12(9)16/h3-6H,7H2,1-2H3. The number of sulfone groups is 1. The number of benzene rings is 1. The minimum atomic E-state index is -3.89. The maximum absolute atomic E-state index is 14.0. The zero-order valence-electron chi connectivity index (χ0n) is 12.6. The molecule has 3 rings (SSSR count). The summed E-state index contributed by atoms with van der Waals surface area (Å²) in [6.07, 6.45) is 0.849. The highest BCUT2D eigenvalue weighted by Crippen LogP contribution is 2.38. The second-order valence-corrected chi connectivity index (χ2v) is 9.27. The fourth-order valence-corrected chi connectivity index (χ4v) is 5.54. The van der Waals surface area contributed by atoms with Crippen molar-refractivity contribution in [3.8, 4) is 11.3 Å². The van der Waals surface area contributed by atoms with E-state index in [0.717, 1.165) is 12.3 Å². The van der Waals surface area contributed by atoms with E-state index < -0.39 is 37.4 Å². The van der Waals surface area contributed by atoms with Gasteiger partial charge in [-0.1, -0.05) is 6.07 Å². The lowest BCUT2D eigenvalue weighted by molar-refractivity contribution is 0.511. The summed E-state index contributed by atoms with van der Waals surface area (Å²) in [6, 6.07) is 4.73. The molecule has 1 aliphatic heterocycles. The molecule has 2 heterocycles. The van der Waals surface area contributed by atoms with Gasteiger partial charge in [-0.3, -0.25) is 0 Å². The van der Waals surface area contributed by atoms with E-state index in [9.17, 15) is 25.6 Å². The number of halogens is 2. The molecule has 0 fully saturated rings. The molecule has 0 spiro atoms. The number of aryl methyl sites for hydroxylation is 1. The molecule has 2 aromatic rings. The fraction of sp³-hybridized carbons (Fsp3) is 0.214. The van der Waals surface area contributed by atoms with Crippen LogP contribution in [0.4, 0.5) is 14.6 Å². The molecular formula is C14H12F2N2O4S2. The molecule has 0 unspecified atom stereocenters. The van der Waals surface area contributed by atoms with E-state index in [0.29, 0.717) is 4.31 Å². The number of rotatable bonds is 2. The molecule has 0 bridgehead atoms. The molecule has 0 amide bonds. The van der Waals surface area contributed by atoms with Gasteiger partial charge in [-0.2, -0.15) is 0 Å². The van der Waals surface area contributed by atoms with Crippen LogP contribution in [0.5, 0.6) is 0 Å². The van der Waals surface area contributed by atoms with E-state index in [1.165, 1.54) is 25.1 Å². The van der Waals surface area contributed by atoms with Crippen molar-refractivity contribution in [3.63, 3.8) is 0 Å². The molecule has 24 heavy (non-hydrogen) atoms. The van der Waals surface area contributed by atoms with Crippen LogP contribution < -0.4 is 4.31 Å². The Morgan fingerprint density at radius 1 is 1.25 bits per heavy atom. The van der Waals surface area contributed by atoms with Crippen LogP contribution in [0.15, 0.2) is 29.2 Å². The van der Waals surface area contributed by atoms with Gasteiger partial charge in [0.15, 0.2) is 17.5 Å². The van der Waals surface area contributed by atoms with Crippen LogP contribution in [-0.4, -0.2) is 34.0 Å². The monoisotopic (exact) mass is 374 g/mol. The van der Waals surface area contributed by atoms with Crippen LogP contribution in [0.2, 0.25) is 0 Å². The van der Waals surface area contributed by atoms with E-state index in [2.05, 4.69) is 4.98 Å². The van der Waals surface area contributed by atoms with Crippen molar-refractivity contribution in [2.75, 3.05) is 16.4 Å². The fourth-order valence-electron chi connectivity index (χ4n) is 2.48. The van der Waals surface area contributed by atoms with Crippen molar-refractivity contribution < 1.29 is 25.6 Å². The zero-order chi connectivity index (χ0) is 17.9. The molecule has 1 aliphatic rings. The van der Waals surface area contributed by atoms with Crippen molar-refractivity contribution >= 4 is 25.7 Å². The van der Waals surface area contributed by atoms with Gasteiger partial charge < -0.3 is 0 Å². The summed E-state index contributed by atoms with van der Waals surface area (Å²) in [5.41, 5.74) is 0.0988. The summed E-state index contributed by atoms with van der Waals surface area (Å²) >= 11 is 0. The topological polar surface area (TPSA) is 84.4 Å². The number of aromatic nitrogens is 1. The lowest BCUT2D eigenvalue weighted by Gasteiger charge is -2.15. The molecule has 1 aromatic heterocycles. The SMILES string of the molecule is Cc1cc2c(nc1-c1cccc(F)c1F)N(S(C)(=O)=O)CS2(=O)=O. The summed E-state index contributed by atoms with van der Waals surface area (Å²) in [7, 11) is -7.75. The third-order valence-electron chi connectivity index (χ3n) is 3.62. The van der Waals surface area contributed by atoms with Crippen molar-refractivity contribution in [2.45, 2.75) is 11.8 Å². The quantitative estimate of drug-likeness (QED) is 0.801. The Morgan fingerprint density at radius 2 is 1.92 bits per heavy atom. The number of hydrogen-bond donors (Lipinski definition) is 0. The van der Waals surface area contributed by atoms with Crippen LogP contribution in [-0.2, 0) is 19.9 Å². The highest BCUT2D eigenvalue weighted by atomic mass is 32.2. The van der Waals surface area contributed by atoms with E-state index in [4.69, 9.17) is 0 Å². The number of fused-ring (bicyclic) bond motifs is 1. The highest BCUT2D eigenvalue weighted by Gasteiger charge is 2.39. The van der Waals surface area contributed by atoms with Crippen molar-refractivity contribution in [2.24, 2.45) is 0 Å². The van der Waals surface area contributed by atoms with Gasteiger partial charge in [-0.15, -0.1) is 0 Å². The van der Waals surface area contributed by atoms with E-state index in [1.54, 1.807) is 0 Å². The van der Waals surface area contributed by atoms with E-state index in [-0.39, 0.29) is 27.5 Å². The van der Waals surface area contributed by atoms with Gasteiger partial charge in [0.25, 0.3) is 0 Å². The lowest BCUT2D eigenvalue weighted by Crippen LogP contribution is -2.29. The largest absolute Gasteiger partial charge is 0.237 e. The number of anilines is 1. The molecule has 0 radical (unpaired) electrons. The van der Waals surface area contributed by atoms with E-state index >= 15 is 0 Å². The molecule has 0 N–H and O–H groups in total. The number of hydrogen-bond acceptors (Lipinski definition) is 5. The first-order chi connectivity index (χ1) is 11.0. The van der Waals surface area contributed by atoms with Crippen molar-refractivity contribution in [1.29, 1.82) is 0 Å². The predicted octanol–water partition coefficient (Wildman–Crippen LogP) is 1.85. The molecule has 128 valence electrons. The smallest absolute Gasteiger partial charge is 0.234 e. The number of pyridine rings is 1. The van der Waals surface area contributed by atoms with Crippen molar-refractivity contribution in [3.05, 3.63) is 41.5 Å². The maximum Gasteiger partial charge on any atom is 0.234 e. The van der Waals surface area contributed by atoms with Gasteiger partial charge in [0.05, 0.1) is 11.9 Å². The first-order valence-electron chi connectivity index (χ1n) is 6.69. The summed E-state index contributed by atoms with van der Waals surface area (Å²) in [5.74, 6) is -3.29. The molecular weight excluding hydrogens is 362 g/mol. The van der Waals surface area contributed by atoms with Gasteiger partial charge >= 0.3 is 0 Å². The molecule has 6 nitrogen and oxygen atoms in total. The Hall–Kier alpha value is -2.07. The second kappa shape index (κ2) is 5.21. The van der Waals surface area contributed by atoms with Gasteiger partial charge in [0, 0.05) is 5.56 Å². The average Bonchev–Trinajstić information content (AvgIpc) is 2.73. The Bertz CT molecular complexity index is 1070. The van der Waals surface area contributed by atoms with Crippen LogP contribution in [0.3, 0.4) is 0 Å². The third kappa shape index (κ3) is 2.55. The van der Waals surface area contributed by atoms with Crippen LogP contribution in [0.1, 0.15) is 5.56 Å². The van der Waals surface area contributed by atoms with Gasteiger partial charge in [0.1, 0.15) is 10.8 Å². The molecule has 0 saturated carbocycles. The number of sulfonamides is 1. The van der Waals surface area contributed by atoms with Crippen molar-refractivity contribution in [1.82, 2.24) is 4.98 Å². The van der Waals surface area contributed by atoms with Crippen LogP contribution >= 0.6 is 0 Å². The predicted molar refractivity (Wildman–Crippen MR) is 83.7 cm³/mol. The lowest BCUT2D eigenvalue weighted by atomic mass is 10.1. The normalized spacial score (nSPS) is 16.2. The van der Waals surface area contributed by atoms with Crippen LogP contribution in [0, 0.1) is 18.6 Å². The van der Waals surface area contributed by atoms with Gasteiger partial charge in [-0.05, 0) is 30.7 Å². The summed E-state index contributed by atoms with van der Waals surface area (Å²) in [5, 5.41) is 0. The minimum Gasteiger partial charge on any atom is -0.237 e. The minimum absolute atomic E-state index is 0.0171. The summed E-state index contributed by atoms with van der Waals surface area (Å²) in [6.45, 7) is 1.49. The Labute approximate surface area is 137 Å². The highest BCUT2D eigenvalue weighted by molar-refractivity contribution is 7.96. The van der Waals surface area contributed by atoms with Gasteiger partial charge in [-0.25, -0.2) is 34.9 Å². The zero-order valence-corrected chi connectivity index (χ0v) is 14.2. The van der Waals surface area contributed by atoms with E-state index in [1.807, 2.05) is 0 Å². The maximum atomic E-state index is 14.0. The summed E-state index contributed by atoms with van der Waals surface area (Å²) < 4.78 is 76.1. The number of nitrogens with zero attached hydrogens (tertiary/aromatic N) is 2. The summed E-state index contributed by atoms with van der Waals surface area (Å²) in [4.78, 5) is 3.78. The third-order valence-corrected chi connectivity index (χ3v) is 6.46. The van der Waals surface area contributed by atoms with Gasteiger partial charge in [0.2, 0.25) is 19.9 Å². The first-order valence-corrected chi connectivity index (χ1v) is 10.2. The van der Waals surface area contributed by atoms with Crippen LogP contribution in [0.25, 0.3) is 11.3 Å². The molecule has 0 saturated heterocycles.